The maximum Gasteiger partial charge on any atom is 0.416 e. The molecule has 3 saturated carbocycles. The first kappa shape index (κ1) is 23.6. The molecule has 1 atom stereocenters. The monoisotopic (exact) mass is 490 g/mol. The van der Waals surface area contributed by atoms with Gasteiger partial charge in [0.05, 0.1) is 28.2 Å². The first-order chi connectivity index (χ1) is 16.5. The van der Waals surface area contributed by atoms with E-state index in [2.05, 4.69) is 20.6 Å². The van der Waals surface area contributed by atoms with E-state index in [1.807, 2.05) is 0 Å². The van der Waals surface area contributed by atoms with Crippen LogP contribution in [0.2, 0.25) is 0 Å². The van der Waals surface area contributed by atoms with Gasteiger partial charge in [-0.3, -0.25) is 0 Å². The zero-order valence-corrected chi connectivity index (χ0v) is 18.9. The molecule has 6 rings (SSSR count). The third-order valence-electron chi connectivity index (χ3n) is 7.40. The van der Waals surface area contributed by atoms with Crippen LogP contribution in [0.4, 0.5) is 22.4 Å². The molecule has 10 heteroatoms. The normalized spacial score (nSPS) is 24.9. The molecule has 0 spiro atoms. The number of amides is 2. The van der Waals surface area contributed by atoms with Crippen LogP contribution in [0.3, 0.4) is 0 Å². The average molecular weight is 491 g/mol. The van der Waals surface area contributed by atoms with Crippen LogP contribution >= 0.6 is 0 Å². The van der Waals surface area contributed by atoms with Gasteiger partial charge in [-0.1, -0.05) is 12.1 Å². The molecule has 35 heavy (non-hydrogen) atoms. The summed E-state index contributed by atoms with van der Waals surface area (Å²) < 4.78 is 52.6. The summed E-state index contributed by atoms with van der Waals surface area (Å²) in [5.74, 6) is -0.0637. The van der Waals surface area contributed by atoms with E-state index >= 15 is 0 Å². The molecular formula is C25H26F4N4O2. The Labute approximate surface area is 199 Å². The molecule has 0 radical (unpaired) electrons. The van der Waals surface area contributed by atoms with E-state index < -0.39 is 35.2 Å². The van der Waals surface area contributed by atoms with E-state index in [9.17, 15) is 27.5 Å². The van der Waals surface area contributed by atoms with E-state index in [4.69, 9.17) is 0 Å². The van der Waals surface area contributed by atoms with Gasteiger partial charge in [0.2, 0.25) is 0 Å². The second-order valence-electron chi connectivity index (χ2n) is 9.84. The summed E-state index contributed by atoms with van der Waals surface area (Å²) in [7, 11) is 0. The summed E-state index contributed by atoms with van der Waals surface area (Å²) >= 11 is 0. The Morgan fingerprint density at radius 1 is 1.06 bits per heavy atom. The van der Waals surface area contributed by atoms with E-state index in [1.54, 1.807) is 0 Å². The highest BCUT2D eigenvalue weighted by Gasteiger charge is 2.48. The Balaban J connectivity index is 1.37. The number of rotatable bonds is 5. The predicted molar refractivity (Wildman–Crippen MR) is 121 cm³/mol. The molecule has 1 unspecified atom stereocenters. The fraction of sp³-hybridized carbons (Fsp3) is 0.440. The van der Waals surface area contributed by atoms with Crippen molar-refractivity contribution in [3.8, 4) is 0 Å². The predicted octanol–water partition coefficient (Wildman–Crippen LogP) is 5.14. The number of hydrogen-bond donors (Lipinski definition) is 4. The van der Waals surface area contributed by atoms with Crippen molar-refractivity contribution in [2.75, 3.05) is 0 Å². The van der Waals surface area contributed by atoms with Crippen molar-refractivity contribution in [3.63, 3.8) is 0 Å². The number of urea groups is 1. The summed E-state index contributed by atoms with van der Waals surface area (Å²) in [6.07, 6.45) is -0.295. The van der Waals surface area contributed by atoms with E-state index in [0.29, 0.717) is 60.9 Å². The quantitative estimate of drug-likeness (QED) is 0.373. The van der Waals surface area contributed by atoms with Gasteiger partial charge in [-0.2, -0.15) is 13.2 Å². The molecule has 1 aromatic heterocycles. The summed E-state index contributed by atoms with van der Waals surface area (Å²) in [5.41, 5.74) is -0.223. The number of halogens is 4. The van der Waals surface area contributed by atoms with Crippen molar-refractivity contribution < 1.29 is 27.5 Å². The molecule has 2 amide bonds. The van der Waals surface area contributed by atoms with Crippen molar-refractivity contribution in [1.82, 2.24) is 20.6 Å². The number of imidazole rings is 1. The number of fused-ring (bicyclic) bond motifs is 4. The van der Waals surface area contributed by atoms with Crippen LogP contribution in [0.15, 0.2) is 42.5 Å². The number of hydrogen-bond acceptors (Lipinski definition) is 3. The number of carbonyl (C=O) groups is 1. The van der Waals surface area contributed by atoms with Crippen molar-refractivity contribution >= 4 is 17.1 Å². The fourth-order valence-electron chi connectivity index (χ4n) is 5.24. The van der Waals surface area contributed by atoms with Crippen molar-refractivity contribution in [2.24, 2.45) is 0 Å². The summed E-state index contributed by atoms with van der Waals surface area (Å²) in [6.45, 7) is 0. The third-order valence-corrected chi connectivity index (χ3v) is 7.40. The number of benzene rings is 2. The van der Waals surface area contributed by atoms with Gasteiger partial charge >= 0.3 is 12.2 Å². The van der Waals surface area contributed by atoms with Gasteiger partial charge in [0, 0.05) is 5.54 Å². The van der Waals surface area contributed by atoms with E-state index in [1.165, 1.54) is 30.3 Å². The third kappa shape index (κ3) is 4.98. The molecule has 2 bridgehead atoms. The van der Waals surface area contributed by atoms with Crippen LogP contribution < -0.4 is 10.6 Å². The van der Waals surface area contributed by atoms with Crippen LogP contribution in [0.25, 0.3) is 11.0 Å². The lowest BCUT2D eigenvalue weighted by atomic mass is 9.63. The molecule has 3 aliphatic carbocycles. The fourth-order valence-corrected chi connectivity index (χ4v) is 5.24. The highest BCUT2D eigenvalue weighted by atomic mass is 19.4. The van der Waals surface area contributed by atoms with E-state index in [0.717, 1.165) is 12.1 Å². The van der Waals surface area contributed by atoms with Gasteiger partial charge in [-0.05, 0) is 80.8 Å². The Hall–Kier alpha value is -3.14. The lowest BCUT2D eigenvalue weighted by Crippen LogP contribution is -2.60. The minimum absolute atomic E-state index is 0.181. The second-order valence-corrected chi connectivity index (χ2v) is 9.84. The van der Waals surface area contributed by atoms with Crippen LogP contribution in [0, 0.1) is 5.82 Å². The minimum atomic E-state index is -4.44. The van der Waals surface area contributed by atoms with Gasteiger partial charge in [0.15, 0.2) is 0 Å². The lowest BCUT2D eigenvalue weighted by Gasteiger charge is -2.51. The number of carbonyl (C=O) groups excluding carboxylic acids is 1. The second kappa shape index (κ2) is 8.51. The van der Waals surface area contributed by atoms with Crippen LogP contribution in [-0.4, -0.2) is 32.2 Å². The van der Waals surface area contributed by atoms with Crippen molar-refractivity contribution in [3.05, 3.63) is 65.2 Å². The van der Waals surface area contributed by atoms with Gasteiger partial charge in [0.1, 0.15) is 11.6 Å². The van der Waals surface area contributed by atoms with Gasteiger partial charge in [-0.15, -0.1) is 0 Å². The summed E-state index contributed by atoms with van der Waals surface area (Å²) in [4.78, 5) is 20.6. The first-order valence-corrected chi connectivity index (χ1v) is 11.7. The smallest absolute Gasteiger partial charge is 0.390 e. The molecule has 0 saturated heterocycles. The van der Waals surface area contributed by atoms with Crippen LogP contribution in [0.5, 0.6) is 0 Å². The first-order valence-electron chi connectivity index (χ1n) is 11.7. The van der Waals surface area contributed by atoms with Crippen molar-refractivity contribution in [2.45, 2.75) is 68.3 Å². The average Bonchev–Trinajstić information content (AvgIpc) is 3.23. The van der Waals surface area contributed by atoms with Crippen LogP contribution in [0.1, 0.15) is 61.5 Å². The van der Waals surface area contributed by atoms with Crippen molar-refractivity contribution in [1.29, 1.82) is 0 Å². The molecule has 3 fully saturated rings. The van der Waals surface area contributed by atoms with Gasteiger partial charge < -0.3 is 20.7 Å². The molecule has 2 aromatic carbocycles. The summed E-state index contributed by atoms with van der Waals surface area (Å²) in [6, 6.07) is 7.75. The number of nitrogens with zero attached hydrogens (tertiary/aromatic N) is 1. The largest absolute Gasteiger partial charge is 0.416 e. The zero-order chi connectivity index (χ0) is 24.8. The number of aliphatic hydroxyl groups is 1. The molecule has 3 aromatic rings. The molecule has 186 valence electrons. The Kier molecular flexibility index (Phi) is 5.74. The van der Waals surface area contributed by atoms with E-state index in [-0.39, 0.29) is 12.0 Å². The number of alkyl halides is 3. The highest BCUT2D eigenvalue weighted by Crippen LogP contribution is 2.46. The number of aromatic nitrogens is 2. The molecule has 3 aliphatic rings. The Morgan fingerprint density at radius 3 is 2.34 bits per heavy atom. The minimum Gasteiger partial charge on any atom is -0.390 e. The number of H-pyrrole nitrogens is 1. The summed E-state index contributed by atoms with van der Waals surface area (Å²) in [5, 5.41) is 16.4. The molecule has 1 heterocycles. The van der Waals surface area contributed by atoms with Crippen LogP contribution in [-0.2, 0) is 12.6 Å². The SMILES string of the molecule is O=C(NC(Cc1ccc(C(F)(F)F)cc1)c1nc2ccc(F)cc2[nH]1)NC12CCC(O)(CC1)CC2. The zero-order valence-electron chi connectivity index (χ0n) is 18.9. The van der Waals surface area contributed by atoms with Gasteiger partial charge in [-0.25, -0.2) is 14.2 Å². The maximum absolute atomic E-state index is 13.7. The standard InChI is InChI=1S/C25H26F4N4O2/c26-17-5-6-18-19(14-17)31-21(30-18)20(13-15-1-3-16(4-2-15)25(27,28)29)32-22(34)33-23-7-10-24(35,11-8-23)12-9-23/h1-6,14,20,35H,7-13H2,(H,30,31)(H2,32,33,34). The number of aromatic amines is 1. The topological polar surface area (TPSA) is 90.0 Å². The highest BCUT2D eigenvalue weighted by molar-refractivity contribution is 5.77. The molecule has 4 N–H and O–H groups in total. The maximum atomic E-state index is 13.7. The number of nitrogens with one attached hydrogen (secondary N) is 3. The Morgan fingerprint density at radius 2 is 1.71 bits per heavy atom. The molecular weight excluding hydrogens is 464 g/mol. The molecule has 6 nitrogen and oxygen atoms in total. The lowest BCUT2D eigenvalue weighted by molar-refractivity contribution is -0.137. The Bertz CT molecular complexity index is 1210. The van der Waals surface area contributed by atoms with Gasteiger partial charge in [0.25, 0.3) is 0 Å². The molecule has 0 aliphatic heterocycles.